The largest absolute Gasteiger partial charge is 0.495 e. The Balaban J connectivity index is 1.24. The molecular formula is C28H28N2O3S. The molecule has 1 aliphatic rings. The SMILES string of the molecule is COc1ccc(-c2nc3ccccc3s2)cc1NC(=O)COc1ccc(C2CCCCC2)cc1. The topological polar surface area (TPSA) is 60.5 Å². The van der Waals surface area contributed by atoms with Crippen LogP contribution in [0, 0.1) is 0 Å². The van der Waals surface area contributed by atoms with E-state index in [4.69, 9.17) is 14.5 Å². The van der Waals surface area contributed by atoms with Crippen LogP contribution >= 0.6 is 11.3 Å². The first-order valence-corrected chi connectivity index (χ1v) is 12.6. The molecule has 0 radical (unpaired) electrons. The van der Waals surface area contributed by atoms with Gasteiger partial charge in [0.1, 0.15) is 16.5 Å². The molecule has 3 aromatic carbocycles. The van der Waals surface area contributed by atoms with Crippen molar-refractivity contribution >= 4 is 33.1 Å². The fraction of sp³-hybridized carbons (Fsp3) is 0.286. The number of ether oxygens (including phenoxy) is 2. The average molecular weight is 473 g/mol. The molecule has 34 heavy (non-hydrogen) atoms. The summed E-state index contributed by atoms with van der Waals surface area (Å²) in [5.74, 6) is 1.71. The summed E-state index contributed by atoms with van der Waals surface area (Å²) in [6, 6.07) is 21.9. The Kier molecular flexibility index (Phi) is 6.77. The molecule has 0 unspecified atom stereocenters. The number of fused-ring (bicyclic) bond motifs is 1. The number of rotatable bonds is 7. The maximum Gasteiger partial charge on any atom is 0.262 e. The molecule has 6 heteroatoms. The number of benzene rings is 3. The molecule has 0 saturated heterocycles. The van der Waals surface area contributed by atoms with E-state index in [1.165, 1.54) is 37.7 Å². The van der Waals surface area contributed by atoms with Gasteiger partial charge in [0, 0.05) is 5.56 Å². The van der Waals surface area contributed by atoms with Gasteiger partial charge >= 0.3 is 0 Å². The lowest BCUT2D eigenvalue weighted by atomic mass is 9.84. The molecule has 1 amide bonds. The van der Waals surface area contributed by atoms with Crippen molar-refractivity contribution in [1.29, 1.82) is 0 Å². The summed E-state index contributed by atoms with van der Waals surface area (Å²) in [6.45, 7) is -0.0721. The Labute approximate surface area is 203 Å². The number of amides is 1. The van der Waals surface area contributed by atoms with Crippen LogP contribution in [0.1, 0.15) is 43.6 Å². The third kappa shape index (κ3) is 5.07. The first-order chi connectivity index (χ1) is 16.7. The zero-order valence-corrected chi connectivity index (χ0v) is 20.1. The van der Waals surface area contributed by atoms with Crippen molar-refractivity contribution < 1.29 is 14.3 Å². The second-order valence-electron chi connectivity index (χ2n) is 8.64. The molecule has 5 rings (SSSR count). The Hall–Kier alpha value is -3.38. The molecule has 0 aliphatic heterocycles. The van der Waals surface area contributed by atoms with Gasteiger partial charge in [0.25, 0.3) is 5.91 Å². The third-order valence-corrected chi connectivity index (χ3v) is 7.43. The summed E-state index contributed by atoms with van der Waals surface area (Å²) in [5, 5.41) is 3.82. The molecule has 0 spiro atoms. The summed E-state index contributed by atoms with van der Waals surface area (Å²) >= 11 is 1.62. The van der Waals surface area contributed by atoms with Crippen LogP contribution in [0.15, 0.2) is 66.7 Å². The van der Waals surface area contributed by atoms with Gasteiger partial charge in [-0.2, -0.15) is 0 Å². The van der Waals surface area contributed by atoms with Crippen molar-refractivity contribution in [3.8, 4) is 22.1 Å². The minimum absolute atomic E-state index is 0.0721. The number of aromatic nitrogens is 1. The third-order valence-electron chi connectivity index (χ3n) is 6.34. The summed E-state index contributed by atoms with van der Waals surface area (Å²) < 4.78 is 12.3. The van der Waals surface area contributed by atoms with Crippen LogP contribution in [0.2, 0.25) is 0 Å². The van der Waals surface area contributed by atoms with Crippen LogP contribution in [0.25, 0.3) is 20.8 Å². The standard InChI is InChI=1S/C28H28N2O3S/c1-32-25-16-13-21(28-30-23-9-5-6-10-26(23)34-28)17-24(25)29-27(31)18-33-22-14-11-20(12-15-22)19-7-3-2-4-8-19/h5-6,9-17,19H,2-4,7-8,18H2,1H3,(H,29,31). The van der Waals surface area contributed by atoms with Crippen molar-refractivity contribution in [2.24, 2.45) is 0 Å². The number of hydrogen-bond donors (Lipinski definition) is 1. The van der Waals surface area contributed by atoms with Gasteiger partial charge in [-0.15, -0.1) is 11.3 Å². The maximum atomic E-state index is 12.7. The van der Waals surface area contributed by atoms with Crippen molar-refractivity contribution in [3.63, 3.8) is 0 Å². The number of methoxy groups -OCH3 is 1. The summed E-state index contributed by atoms with van der Waals surface area (Å²) in [7, 11) is 1.59. The van der Waals surface area contributed by atoms with E-state index in [9.17, 15) is 4.79 Å². The van der Waals surface area contributed by atoms with E-state index in [0.717, 1.165) is 20.8 Å². The Bertz CT molecular complexity index is 1240. The van der Waals surface area contributed by atoms with Crippen LogP contribution in [0.3, 0.4) is 0 Å². The second-order valence-corrected chi connectivity index (χ2v) is 9.67. The normalized spacial score (nSPS) is 14.1. The van der Waals surface area contributed by atoms with E-state index < -0.39 is 0 Å². The van der Waals surface area contributed by atoms with Crippen molar-refractivity contribution in [1.82, 2.24) is 4.98 Å². The molecule has 0 bridgehead atoms. The highest BCUT2D eigenvalue weighted by molar-refractivity contribution is 7.21. The number of nitrogens with zero attached hydrogens (tertiary/aromatic N) is 1. The molecule has 1 saturated carbocycles. The van der Waals surface area contributed by atoms with E-state index >= 15 is 0 Å². The molecule has 5 nitrogen and oxygen atoms in total. The highest BCUT2D eigenvalue weighted by atomic mass is 32.1. The monoisotopic (exact) mass is 472 g/mol. The van der Waals surface area contributed by atoms with E-state index in [2.05, 4.69) is 23.5 Å². The number of nitrogens with one attached hydrogen (secondary N) is 1. The predicted molar refractivity (Wildman–Crippen MR) is 138 cm³/mol. The fourth-order valence-corrected chi connectivity index (χ4v) is 5.50. The number of para-hydroxylation sites is 1. The van der Waals surface area contributed by atoms with Gasteiger partial charge < -0.3 is 14.8 Å². The lowest BCUT2D eigenvalue weighted by Crippen LogP contribution is -2.20. The first-order valence-electron chi connectivity index (χ1n) is 11.8. The Morgan fingerprint density at radius 2 is 1.82 bits per heavy atom. The highest BCUT2D eigenvalue weighted by Gasteiger charge is 2.16. The number of carbonyl (C=O) groups excluding carboxylic acids is 1. The Morgan fingerprint density at radius 1 is 1.03 bits per heavy atom. The number of hydrogen-bond acceptors (Lipinski definition) is 5. The summed E-state index contributed by atoms with van der Waals surface area (Å²) in [5.41, 5.74) is 3.86. The van der Waals surface area contributed by atoms with Crippen molar-refractivity contribution in [3.05, 3.63) is 72.3 Å². The van der Waals surface area contributed by atoms with E-state index in [1.54, 1.807) is 18.4 Å². The van der Waals surface area contributed by atoms with Gasteiger partial charge in [0.15, 0.2) is 6.61 Å². The molecular weight excluding hydrogens is 444 g/mol. The lowest BCUT2D eigenvalue weighted by Gasteiger charge is -2.22. The lowest BCUT2D eigenvalue weighted by molar-refractivity contribution is -0.118. The van der Waals surface area contributed by atoms with E-state index in [1.807, 2.05) is 48.5 Å². The fourth-order valence-electron chi connectivity index (χ4n) is 4.54. The van der Waals surface area contributed by atoms with Crippen LogP contribution < -0.4 is 14.8 Å². The summed E-state index contributed by atoms with van der Waals surface area (Å²) in [4.78, 5) is 17.4. The molecule has 1 N–H and O–H groups in total. The smallest absolute Gasteiger partial charge is 0.262 e. The minimum atomic E-state index is -0.240. The number of thiazole rings is 1. The highest BCUT2D eigenvalue weighted by Crippen LogP contribution is 2.35. The predicted octanol–water partition coefficient (Wildman–Crippen LogP) is 7.04. The zero-order valence-electron chi connectivity index (χ0n) is 19.3. The average Bonchev–Trinajstić information content (AvgIpc) is 3.33. The second kappa shape index (κ2) is 10.3. The van der Waals surface area contributed by atoms with Gasteiger partial charge in [0.2, 0.25) is 0 Å². The molecule has 0 atom stereocenters. The van der Waals surface area contributed by atoms with E-state index in [0.29, 0.717) is 23.1 Å². The van der Waals surface area contributed by atoms with Gasteiger partial charge in [-0.25, -0.2) is 4.98 Å². The van der Waals surface area contributed by atoms with Crippen LogP contribution in [-0.4, -0.2) is 24.6 Å². The molecule has 1 aliphatic carbocycles. The molecule has 1 heterocycles. The van der Waals surface area contributed by atoms with Crippen molar-refractivity contribution in [2.75, 3.05) is 19.0 Å². The van der Waals surface area contributed by atoms with Gasteiger partial charge in [-0.1, -0.05) is 43.5 Å². The maximum absolute atomic E-state index is 12.7. The summed E-state index contributed by atoms with van der Waals surface area (Å²) in [6.07, 6.45) is 6.50. The van der Waals surface area contributed by atoms with Gasteiger partial charge in [-0.3, -0.25) is 4.79 Å². The van der Waals surface area contributed by atoms with Crippen molar-refractivity contribution in [2.45, 2.75) is 38.0 Å². The van der Waals surface area contributed by atoms with Crippen LogP contribution in [0.5, 0.6) is 11.5 Å². The number of anilines is 1. The van der Waals surface area contributed by atoms with E-state index in [-0.39, 0.29) is 12.5 Å². The molecule has 1 aromatic heterocycles. The zero-order chi connectivity index (χ0) is 23.3. The first kappa shape index (κ1) is 22.4. The molecule has 174 valence electrons. The quantitative estimate of drug-likeness (QED) is 0.313. The molecule has 1 fully saturated rings. The van der Waals surface area contributed by atoms with Gasteiger partial charge in [-0.05, 0) is 66.8 Å². The number of carbonyl (C=O) groups is 1. The Morgan fingerprint density at radius 3 is 2.59 bits per heavy atom. The van der Waals surface area contributed by atoms with Gasteiger partial charge in [0.05, 0.1) is 23.0 Å². The van der Waals surface area contributed by atoms with Crippen LogP contribution in [-0.2, 0) is 4.79 Å². The molecule has 4 aromatic rings. The minimum Gasteiger partial charge on any atom is -0.495 e. The van der Waals surface area contributed by atoms with Crippen LogP contribution in [0.4, 0.5) is 5.69 Å².